The van der Waals surface area contributed by atoms with Gasteiger partial charge in [-0.2, -0.15) is 0 Å². The Morgan fingerprint density at radius 1 is 1.12 bits per heavy atom. The number of para-hydroxylation sites is 1. The molecule has 0 fully saturated rings. The van der Waals surface area contributed by atoms with E-state index in [2.05, 4.69) is 11.1 Å². The van der Waals surface area contributed by atoms with E-state index in [0.29, 0.717) is 10.7 Å². The second-order valence-corrected chi connectivity index (χ2v) is 5.19. The number of fused-ring (bicyclic) bond motifs is 1. The number of aromatic nitrogens is 1. The van der Waals surface area contributed by atoms with Crippen molar-refractivity contribution in [2.24, 2.45) is 0 Å². The number of nitrogens with two attached hydrogens (primary N) is 1. The van der Waals surface area contributed by atoms with Crippen LogP contribution in [0.1, 0.15) is 0 Å². The second kappa shape index (κ2) is 4.02. The number of halogens is 1. The molecule has 1 aromatic heterocycles. The molecule has 17 heavy (non-hydrogen) atoms. The minimum atomic E-state index is 0.646. The van der Waals surface area contributed by atoms with Gasteiger partial charge in [-0.3, -0.25) is 0 Å². The lowest BCUT2D eigenvalue weighted by atomic mass is 10.2. The van der Waals surface area contributed by atoms with Crippen LogP contribution in [-0.4, -0.2) is 4.98 Å². The first-order valence-electron chi connectivity index (χ1n) is 5.15. The van der Waals surface area contributed by atoms with Crippen LogP contribution >= 0.6 is 22.9 Å². The van der Waals surface area contributed by atoms with E-state index in [0.717, 1.165) is 20.8 Å². The molecule has 3 aromatic rings. The molecule has 0 bridgehead atoms. The Kier molecular flexibility index (Phi) is 2.50. The van der Waals surface area contributed by atoms with Crippen molar-refractivity contribution in [3.05, 3.63) is 47.5 Å². The van der Waals surface area contributed by atoms with E-state index >= 15 is 0 Å². The Balaban J connectivity index is 2.20. The number of rotatable bonds is 1. The maximum Gasteiger partial charge on any atom is 0.126 e. The highest BCUT2D eigenvalue weighted by Crippen LogP contribution is 2.34. The van der Waals surface area contributed by atoms with E-state index in [1.807, 2.05) is 30.3 Å². The third-order valence-corrected chi connectivity index (χ3v) is 3.84. The summed E-state index contributed by atoms with van der Waals surface area (Å²) in [5.74, 6) is 0. The van der Waals surface area contributed by atoms with E-state index in [1.165, 1.54) is 0 Å². The van der Waals surface area contributed by atoms with E-state index in [4.69, 9.17) is 17.3 Å². The Labute approximate surface area is 108 Å². The summed E-state index contributed by atoms with van der Waals surface area (Å²) in [4.78, 5) is 4.57. The molecule has 0 saturated carbocycles. The lowest BCUT2D eigenvalue weighted by Gasteiger charge is -2.01. The van der Waals surface area contributed by atoms with Crippen molar-refractivity contribution < 1.29 is 0 Å². The third-order valence-electron chi connectivity index (χ3n) is 2.54. The van der Waals surface area contributed by atoms with Crippen molar-refractivity contribution in [3.63, 3.8) is 0 Å². The van der Waals surface area contributed by atoms with Gasteiger partial charge < -0.3 is 5.73 Å². The molecule has 0 saturated heterocycles. The Hall–Kier alpha value is -1.58. The first-order valence-corrected chi connectivity index (χ1v) is 6.34. The van der Waals surface area contributed by atoms with Crippen LogP contribution in [-0.2, 0) is 0 Å². The summed E-state index contributed by atoms with van der Waals surface area (Å²) in [7, 11) is 0. The fourth-order valence-corrected chi connectivity index (χ4v) is 2.91. The van der Waals surface area contributed by atoms with Crippen LogP contribution in [0.2, 0.25) is 5.02 Å². The van der Waals surface area contributed by atoms with Gasteiger partial charge in [-0.15, -0.1) is 11.3 Å². The van der Waals surface area contributed by atoms with Crippen LogP contribution in [0.3, 0.4) is 0 Å². The SMILES string of the molecule is Nc1cc(Cl)ccc1-c1nc2ccccc2s1. The van der Waals surface area contributed by atoms with Crippen molar-refractivity contribution in [2.45, 2.75) is 0 Å². The number of thiazole rings is 1. The van der Waals surface area contributed by atoms with Crippen LogP contribution < -0.4 is 5.73 Å². The Morgan fingerprint density at radius 2 is 1.94 bits per heavy atom. The summed E-state index contributed by atoms with van der Waals surface area (Å²) in [5.41, 5.74) is 8.56. The van der Waals surface area contributed by atoms with Crippen molar-refractivity contribution in [3.8, 4) is 10.6 Å². The molecule has 0 aliphatic carbocycles. The van der Waals surface area contributed by atoms with Crippen molar-refractivity contribution >= 4 is 38.8 Å². The zero-order valence-electron chi connectivity index (χ0n) is 8.85. The highest BCUT2D eigenvalue weighted by atomic mass is 35.5. The highest BCUT2D eigenvalue weighted by Gasteiger charge is 2.08. The first-order chi connectivity index (χ1) is 8.24. The minimum absolute atomic E-state index is 0.646. The lowest BCUT2D eigenvalue weighted by Crippen LogP contribution is -1.88. The Morgan fingerprint density at radius 3 is 2.71 bits per heavy atom. The van der Waals surface area contributed by atoms with Gasteiger partial charge in [0.25, 0.3) is 0 Å². The van der Waals surface area contributed by atoms with Crippen molar-refractivity contribution in [1.29, 1.82) is 0 Å². The fraction of sp³-hybridized carbons (Fsp3) is 0. The predicted octanol–water partition coefficient (Wildman–Crippen LogP) is 4.20. The smallest absolute Gasteiger partial charge is 0.126 e. The van der Waals surface area contributed by atoms with Gasteiger partial charge in [0.05, 0.1) is 10.2 Å². The molecule has 2 aromatic carbocycles. The molecule has 0 unspecified atom stereocenters. The average Bonchev–Trinajstić information content (AvgIpc) is 2.72. The molecule has 3 rings (SSSR count). The van der Waals surface area contributed by atoms with Gasteiger partial charge in [-0.1, -0.05) is 23.7 Å². The average molecular weight is 261 g/mol. The van der Waals surface area contributed by atoms with Gasteiger partial charge in [0.15, 0.2) is 0 Å². The van der Waals surface area contributed by atoms with Crippen LogP contribution in [0, 0.1) is 0 Å². The van der Waals surface area contributed by atoms with Crippen molar-refractivity contribution in [2.75, 3.05) is 5.73 Å². The molecule has 4 heteroatoms. The molecular weight excluding hydrogens is 252 g/mol. The molecule has 0 aliphatic heterocycles. The summed E-state index contributed by atoms with van der Waals surface area (Å²) in [6, 6.07) is 13.5. The standard InChI is InChI=1S/C13H9ClN2S/c14-8-5-6-9(10(15)7-8)13-16-11-3-1-2-4-12(11)17-13/h1-7H,15H2. The molecule has 0 amide bonds. The summed E-state index contributed by atoms with van der Waals surface area (Å²) in [5, 5.41) is 1.58. The molecular formula is C13H9ClN2S. The maximum absolute atomic E-state index is 5.96. The summed E-state index contributed by atoms with van der Waals surface area (Å²) in [6.07, 6.45) is 0. The van der Waals surface area contributed by atoms with Crippen LogP contribution in [0.5, 0.6) is 0 Å². The highest BCUT2D eigenvalue weighted by molar-refractivity contribution is 7.21. The Bertz CT molecular complexity index is 658. The van der Waals surface area contributed by atoms with Gasteiger partial charge >= 0.3 is 0 Å². The minimum Gasteiger partial charge on any atom is -0.398 e. The molecule has 84 valence electrons. The third kappa shape index (κ3) is 1.88. The summed E-state index contributed by atoms with van der Waals surface area (Å²) < 4.78 is 1.16. The lowest BCUT2D eigenvalue weighted by molar-refractivity contribution is 1.48. The second-order valence-electron chi connectivity index (χ2n) is 3.72. The van der Waals surface area contributed by atoms with Gasteiger partial charge in [0.1, 0.15) is 5.01 Å². The molecule has 2 nitrogen and oxygen atoms in total. The molecule has 1 heterocycles. The first kappa shape index (κ1) is 10.6. The molecule has 0 radical (unpaired) electrons. The number of nitrogens with zero attached hydrogens (tertiary/aromatic N) is 1. The largest absolute Gasteiger partial charge is 0.398 e. The van der Waals surface area contributed by atoms with E-state index in [9.17, 15) is 0 Å². The van der Waals surface area contributed by atoms with Crippen LogP contribution in [0.15, 0.2) is 42.5 Å². The number of hydrogen-bond donors (Lipinski definition) is 1. The number of benzene rings is 2. The van der Waals surface area contributed by atoms with Gasteiger partial charge in [-0.05, 0) is 30.3 Å². The van der Waals surface area contributed by atoms with E-state index < -0.39 is 0 Å². The topological polar surface area (TPSA) is 38.9 Å². The van der Waals surface area contributed by atoms with Crippen LogP contribution in [0.4, 0.5) is 5.69 Å². The molecule has 0 spiro atoms. The number of nitrogen functional groups attached to an aromatic ring is 1. The maximum atomic E-state index is 5.96. The zero-order valence-corrected chi connectivity index (χ0v) is 10.4. The summed E-state index contributed by atoms with van der Waals surface area (Å²) >= 11 is 7.52. The fourth-order valence-electron chi connectivity index (χ4n) is 1.72. The van der Waals surface area contributed by atoms with Gasteiger partial charge in [-0.25, -0.2) is 4.98 Å². The number of hydrogen-bond acceptors (Lipinski definition) is 3. The summed E-state index contributed by atoms with van der Waals surface area (Å²) in [6.45, 7) is 0. The normalized spacial score (nSPS) is 10.9. The van der Waals surface area contributed by atoms with E-state index in [-0.39, 0.29) is 0 Å². The van der Waals surface area contributed by atoms with Gasteiger partial charge in [0.2, 0.25) is 0 Å². The quantitative estimate of drug-likeness (QED) is 0.666. The van der Waals surface area contributed by atoms with E-state index in [1.54, 1.807) is 17.4 Å². The molecule has 0 aliphatic rings. The number of anilines is 1. The van der Waals surface area contributed by atoms with Gasteiger partial charge in [0, 0.05) is 16.3 Å². The molecule has 2 N–H and O–H groups in total. The molecule has 0 atom stereocenters. The van der Waals surface area contributed by atoms with Crippen LogP contribution in [0.25, 0.3) is 20.8 Å². The monoisotopic (exact) mass is 260 g/mol. The zero-order chi connectivity index (χ0) is 11.8. The van der Waals surface area contributed by atoms with Crippen molar-refractivity contribution in [1.82, 2.24) is 4.98 Å². The predicted molar refractivity (Wildman–Crippen MR) is 74.5 cm³/mol.